The number of carbonyl (C=O) groups excluding carboxylic acids is 5. The minimum absolute atomic E-state index is 0.101. The minimum atomic E-state index is -1.36. The summed E-state index contributed by atoms with van der Waals surface area (Å²) < 4.78 is 35.4. The summed E-state index contributed by atoms with van der Waals surface area (Å²) in [5, 5.41) is 0. The summed E-state index contributed by atoms with van der Waals surface area (Å²) in [6.45, 7) is 11.8. The van der Waals surface area contributed by atoms with Gasteiger partial charge in [0.1, 0.15) is 24.1 Å². The quantitative estimate of drug-likeness (QED) is 0.366. The number of carbonyl (C=O) groups is 5. The van der Waals surface area contributed by atoms with Crippen molar-refractivity contribution in [2.75, 3.05) is 7.11 Å². The van der Waals surface area contributed by atoms with E-state index in [-0.39, 0.29) is 25.0 Å². The van der Waals surface area contributed by atoms with E-state index in [1.807, 2.05) is 27.7 Å². The number of methoxy groups -OCH3 is 1. The maximum Gasteiger partial charge on any atom is 0.309 e. The first-order valence-electron chi connectivity index (χ1n) is 14.4. The van der Waals surface area contributed by atoms with Gasteiger partial charge < -0.3 is 28.1 Å². The lowest BCUT2D eigenvalue weighted by molar-refractivity contribution is -0.297. The molecule has 11 nitrogen and oxygen atoms in total. The molecular formula is C31H40O11. The van der Waals surface area contributed by atoms with Gasteiger partial charge in [-0.05, 0) is 18.4 Å². The molecule has 0 amide bonds. The standard InChI is InChI=1S/C31H40O11/c1-15-23(36)19-12-29(6)25(18-9-10-38-14-18)41-22(35)13-31(15,29)42-27-24(39-16(2)32)26(40-17(3)33)28(4,5)20(30(19,27)7)11-21(34)37-8/h9-10,14-15,19-20,24-27H,11-13H2,1-8H3. The average molecular weight is 589 g/mol. The van der Waals surface area contributed by atoms with Crippen molar-refractivity contribution in [1.29, 1.82) is 0 Å². The molecule has 42 heavy (non-hydrogen) atoms. The lowest BCUT2D eigenvalue weighted by atomic mass is 9.43. The van der Waals surface area contributed by atoms with Crippen LogP contribution >= 0.6 is 0 Å². The number of ether oxygens (including phenoxy) is 5. The summed E-state index contributed by atoms with van der Waals surface area (Å²) in [6, 6.07) is 1.73. The molecule has 1 aromatic heterocycles. The smallest absolute Gasteiger partial charge is 0.309 e. The monoisotopic (exact) mass is 588 g/mol. The maximum atomic E-state index is 14.5. The molecule has 2 aliphatic carbocycles. The molecule has 0 radical (unpaired) electrons. The molecule has 10 unspecified atom stereocenters. The summed E-state index contributed by atoms with van der Waals surface area (Å²) in [4.78, 5) is 65.8. The van der Waals surface area contributed by atoms with Crippen molar-refractivity contribution in [2.45, 2.75) is 97.7 Å². The number of Topliss-reactive ketones (excluding diaryl/α,β-unsaturated/α-hetero) is 1. The zero-order valence-corrected chi connectivity index (χ0v) is 25.4. The SMILES string of the molecule is COC(=O)CC1C(C)(C)C(OC(C)=O)C(OC(C)=O)C2OC34CC(=O)OC(c5ccoc5)C3(C)CC(C(=O)C4C)C21C. The lowest BCUT2D eigenvalue weighted by Gasteiger charge is -2.60. The van der Waals surface area contributed by atoms with Crippen LogP contribution in [0.5, 0.6) is 0 Å². The molecule has 11 heteroatoms. The molecule has 2 bridgehead atoms. The Hall–Kier alpha value is -3.21. The fourth-order valence-corrected chi connectivity index (χ4v) is 9.03. The minimum Gasteiger partial charge on any atom is -0.472 e. The Kier molecular flexibility index (Phi) is 7.15. The molecule has 1 spiro atoms. The average Bonchev–Trinajstić information content (AvgIpc) is 3.40. The zero-order chi connectivity index (χ0) is 31.0. The number of cyclic esters (lactones) is 1. The van der Waals surface area contributed by atoms with E-state index in [0.29, 0.717) is 5.56 Å². The third-order valence-electron chi connectivity index (χ3n) is 11.0. The number of hydrogen-bond acceptors (Lipinski definition) is 11. The second kappa shape index (κ2) is 9.92. The van der Waals surface area contributed by atoms with Gasteiger partial charge in [0.05, 0.1) is 31.7 Å². The van der Waals surface area contributed by atoms with Crippen LogP contribution in [0.1, 0.15) is 79.4 Å². The molecule has 10 atom stereocenters. The first-order chi connectivity index (χ1) is 19.5. The van der Waals surface area contributed by atoms with Crippen molar-refractivity contribution in [1.82, 2.24) is 0 Å². The van der Waals surface area contributed by atoms with Crippen LogP contribution in [0.15, 0.2) is 23.0 Å². The largest absolute Gasteiger partial charge is 0.472 e. The van der Waals surface area contributed by atoms with Crippen LogP contribution in [-0.2, 0) is 47.7 Å². The number of ketones is 1. The van der Waals surface area contributed by atoms with Crippen LogP contribution in [0.4, 0.5) is 0 Å². The Morgan fingerprint density at radius 2 is 1.71 bits per heavy atom. The second-order valence-electron chi connectivity index (χ2n) is 13.5. The summed E-state index contributed by atoms with van der Waals surface area (Å²) in [5.41, 5.74) is -3.75. The predicted molar refractivity (Wildman–Crippen MR) is 143 cm³/mol. The van der Waals surface area contributed by atoms with Gasteiger partial charge in [-0.3, -0.25) is 24.0 Å². The highest BCUT2D eigenvalue weighted by Gasteiger charge is 2.78. The maximum absolute atomic E-state index is 14.5. The zero-order valence-electron chi connectivity index (χ0n) is 25.4. The predicted octanol–water partition coefficient (Wildman–Crippen LogP) is 3.73. The Bertz CT molecular complexity index is 1300. The van der Waals surface area contributed by atoms with Crippen molar-refractivity contribution >= 4 is 29.7 Å². The number of esters is 4. The highest BCUT2D eigenvalue weighted by atomic mass is 16.6. The molecule has 4 heterocycles. The molecular weight excluding hydrogens is 548 g/mol. The van der Waals surface area contributed by atoms with Crippen molar-refractivity contribution in [3.05, 3.63) is 24.2 Å². The Morgan fingerprint density at radius 1 is 1.05 bits per heavy atom. The Labute approximate surface area is 244 Å². The first kappa shape index (κ1) is 30.3. The van der Waals surface area contributed by atoms with Gasteiger partial charge in [-0.15, -0.1) is 0 Å². The molecule has 1 aromatic rings. The van der Waals surface area contributed by atoms with Crippen molar-refractivity contribution < 1.29 is 52.1 Å². The molecule has 5 aliphatic rings. The molecule has 3 saturated heterocycles. The van der Waals surface area contributed by atoms with Crippen molar-refractivity contribution in [3.63, 3.8) is 0 Å². The molecule has 2 saturated carbocycles. The normalized spacial score (nSPS) is 42.0. The van der Waals surface area contributed by atoms with Gasteiger partial charge in [0.25, 0.3) is 0 Å². The van der Waals surface area contributed by atoms with Gasteiger partial charge >= 0.3 is 23.9 Å². The third-order valence-corrected chi connectivity index (χ3v) is 11.0. The van der Waals surface area contributed by atoms with Crippen LogP contribution < -0.4 is 0 Å². The topological polar surface area (TPSA) is 145 Å². The van der Waals surface area contributed by atoms with Gasteiger partial charge in [0, 0.05) is 53.9 Å². The summed E-state index contributed by atoms with van der Waals surface area (Å²) in [7, 11) is 1.29. The van der Waals surface area contributed by atoms with Gasteiger partial charge in [-0.1, -0.05) is 34.6 Å². The molecule has 6 rings (SSSR count). The van der Waals surface area contributed by atoms with Crippen LogP contribution in [0.3, 0.4) is 0 Å². The second-order valence-corrected chi connectivity index (χ2v) is 13.5. The van der Waals surface area contributed by atoms with Crippen molar-refractivity contribution in [2.24, 2.45) is 34.0 Å². The summed E-state index contributed by atoms with van der Waals surface area (Å²) in [5.74, 6) is -4.44. The van der Waals surface area contributed by atoms with Gasteiger partial charge in [0.15, 0.2) is 6.10 Å². The fraction of sp³-hybridized carbons (Fsp3) is 0.710. The van der Waals surface area contributed by atoms with Crippen LogP contribution in [0, 0.1) is 34.0 Å². The Morgan fingerprint density at radius 3 is 2.29 bits per heavy atom. The number of furan rings is 1. The fourth-order valence-electron chi connectivity index (χ4n) is 9.03. The summed E-state index contributed by atoms with van der Waals surface area (Å²) >= 11 is 0. The number of hydrogen-bond donors (Lipinski definition) is 0. The van der Waals surface area contributed by atoms with Gasteiger partial charge in [0.2, 0.25) is 0 Å². The molecule has 0 N–H and O–H groups in total. The molecule has 0 aromatic carbocycles. The van der Waals surface area contributed by atoms with Gasteiger partial charge in [-0.25, -0.2) is 0 Å². The van der Waals surface area contributed by atoms with Crippen LogP contribution in [0.2, 0.25) is 0 Å². The first-order valence-corrected chi connectivity index (χ1v) is 14.4. The Balaban J connectivity index is 1.80. The third kappa shape index (κ3) is 4.06. The van der Waals surface area contributed by atoms with Gasteiger partial charge in [-0.2, -0.15) is 0 Å². The number of fused-ring (bicyclic) bond motifs is 1. The highest BCUT2D eigenvalue weighted by molar-refractivity contribution is 5.89. The van der Waals surface area contributed by atoms with E-state index >= 15 is 0 Å². The molecule has 3 aliphatic heterocycles. The summed E-state index contributed by atoms with van der Waals surface area (Å²) in [6.07, 6.45) is -1.01. The van der Waals surface area contributed by atoms with E-state index in [2.05, 4.69) is 0 Å². The van der Waals surface area contributed by atoms with E-state index in [1.165, 1.54) is 33.5 Å². The lowest BCUT2D eigenvalue weighted by Crippen LogP contribution is -2.69. The molecule has 230 valence electrons. The van der Waals surface area contributed by atoms with Crippen molar-refractivity contribution in [3.8, 4) is 0 Å². The molecule has 5 fully saturated rings. The van der Waals surface area contributed by atoms with E-state index in [0.717, 1.165) is 0 Å². The number of rotatable bonds is 5. The van der Waals surface area contributed by atoms with E-state index in [4.69, 9.17) is 28.1 Å². The van der Waals surface area contributed by atoms with E-state index in [9.17, 15) is 24.0 Å². The highest BCUT2D eigenvalue weighted by Crippen LogP contribution is 2.71. The van der Waals surface area contributed by atoms with Crippen LogP contribution in [-0.4, -0.2) is 60.7 Å². The van der Waals surface area contributed by atoms with Crippen LogP contribution in [0.25, 0.3) is 0 Å². The van der Waals surface area contributed by atoms with E-state index in [1.54, 1.807) is 13.0 Å². The van der Waals surface area contributed by atoms with E-state index < -0.39 is 87.9 Å².